The average Bonchev–Trinajstić information content (AvgIpc) is 2.57. The van der Waals surface area contributed by atoms with Gasteiger partial charge in [0.05, 0.1) is 26.1 Å². The molecule has 1 aliphatic rings. The Hall–Kier alpha value is -0.570. The number of ether oxygens (including phenoxy) is 1. The highest BCUT2D eigenvalue weighted by Gasteiger charge is 2.17. The number of carbonyl (C=O) groups is 1. The van der Waals surface area contributed by atoms with Gasteiger partial charge >= 0.3 is 5.97 Å². The van der Waals surface area contributed by atoms with Crippen LogP contribution in [0.1, 0.15) is 32.1 Å². The molecule has 12 heavy (non-hydrogen) atoms. The van der Waals surface area contributed by atoms with E-state index in [1.807, 2.05) is 0 Å². The maximum atomic E-state index is 10.7. The first-order chi connectivity index (χ1) is 5.83. The summed E-state index contributed by atoms with van der Waals surface area (Å²) in [4.78, 5) is 10.7. The van der Waals surface area contributed by atoms with E-state index < -0.39 is 0 Å². The zero-order valence-corrected chi connectivity index (χ0v) is 7.71. The van der Waals surface area contributed by atoms with Gasteiger partial charge in [-0.2, -0.15) is 0 Å². The van der Waals surface area contributed by atoms with Gasteiger partial charge in [-0.05, 0) is 25.7 Å². The van der Waals surface area contributed by atoms with Crippen molar-refractivity contribution < 1.29 is 14.8 Å². The minimum atomic E-state index is -0.0933. The molecule has 1 saturated carbocycles. The molecule has 1 fully saturated rings. The van der Waals surface area contributed by atoms with Gasteiger partial charge in [0, 0.05) is 0 Å². The normalized spacial score (nSPS) is 18.1. The SMILES string of the molecule is COC(=O)CC[NH2+]C1CCCC1. The maximum Gasteiger partial charge on any atom is 0.311 e. The second kappa shape index (κ2) is 5.14. The summed E-state index contributed by atoms with van der Waals surface area (Å²) >= 11 is 0. The Labute approximate surface area is 73.5 Å². The monoisotopic (exact) mass is 172 g/mol. The summed E-state index contributed by atoms with van der Waals surface area (Å²) in [5.41, 5.74) is 0. The molecule has 70 valence electrons. The first-order valence-corrected chi connectivity index (χ1v) is 4.73. The molecule has 0 aliphatic heterocycles. The van der Waals surface area contributed by atoms with E-state index in [1.54, 1.807) is 0 Å². The summed E-state index contributed by atoms with van der Waals surface area (Å²) in [5, 5.41) is 2.28. The van der Waals surface area contributed by atoms with Crippen LogP contribution >= 0.6 is 0 Å². The Bertz CT molecular complexity index is 141. The van der Waals surface area contributed by atoms with E-state index in [-0.39, 0.29) is 5.97 Å². The predicted octanol–water partition coefficient (Wildman–Crippen LogP) is 0.0555. The number of methoxy groups -OCH3 is 1. The largest absolute Gasteiger partial charge is 0.469 e. The first kappa shape index (κ1) is 9.52. The number of hydrogen-bond donors (Lipinski definition) is 1. The zero-order chi connectivity index (χ0) is 8.81. The Balaban J connectivity index is 1.97. The molecule has 3 heteroatoms. The average molecular weight is 172 g/mol. The molecule has 0 radical (unpaired) electrons. The smallest absolute Gasteiger partial charge is 0.311 e. The van der Waals surface area contributed by atoms with Crippen molar-refractivity contribution in [2.75, 3.05) is 13.7 Å². The minimum absolute atomic E-state index is 0.0933. The second-order valence-electron chi connectivity index (χ2n) is 3.40. The highest BCUT2D eigenvalue weighted by atomic mass is 16.5. The molecular weight excluding hydrogens is 154 g/mol. The Morgan fingerprint density at radius 2 is 2.17 bits per heavy atom. The highest BCUT2D eigenvalue weighted by molar-refractivity contribution is 5.69. The van der Waals surface area contributed by atoms with E-state index in [0.29, 0.717) is 6.42 Å². The van der Waals surface area contributed by atoms with Crippen LogP contribution < -0.4 is 5.32 Å². The molecule has 3 nitrogen and oxygen atoms in total. The summed E-state index contributed by atoms with van der Waals surface area (Å²) < 4.78 is 4.56. The van der Waals surface area contributed by atoms with Gasteiger partial charge in [0.15, 0.2) is 0 Å². The molecule has 0 amide bonds. The van der Waals surface area contributed by atoms with Gasteiger partial charge in [0.1, 0.15) is 0 Å². The van der Waals surface area contributed by atoms with Crippen molar-refractivity contribution in [2.24, 2.45) is 0 Å². The van der Waals surface area contributed by atoms with Crippen LogP contribution in [0.2, 0.25) is 0 Å². The van der Waals surface area contributed by atoms with Crippen LogP contribution in [0.3, 0.4) is 0 Å². The fourth-order valence-electron chi connectivity index (χ4n) is 1.73. The van der Waals surface area contributed by atoms with Gasteiger partial charge in [-0.25, -0.2) is 0 Å². The van der Waals surface area contributed by atoms with Crippen molar-refractivity contribution in [3.63, 3.8) is 0 Å². The van der Waals surface area contributed by atoms with Crippen molar-refractivity contribution in [1.29, 1.82) is 0 Å². The Morgan fingerprint density at radius 1 is 1.50 bits per heavy atom. The molecule has 0 spiro atoms. The van der Waals surface area contributed by atoms with Crippen molar-refractivity contribution in [2.45, 2.75) is 38.1 Å². The summed E-state index contributed by atoms with van der Waals surface area (Å²) in [6.07, 6.45) is 5.91. The predicted molar refractivity (Wildman–Crippen MR) is 45.7 cm³/mol. The fourth-order valence-corrected chi connectivity index (χ4v) is 1.73. The third kappa shape index (κ3) is 3.22. The van der Waals surface area contributed by atoms with Crippen molar-refractivity contribution >= 4 is 5.97 Å². The van der Waals surface area contributed by atoms with Crippen LogP contribution in [0, 0.1) is 0 Å². The number of carbonyl (C=O) groups excluding carboxylic acids is 1. The van der Waals surface area contributed by atoms with E-state index in [4.69, 9.17) is 0 Å². The molecule has 0 aromatic rings. The minimum Gasteiger partial charge on any atom is -0.469 e. The van der Waals surface area contributed by atoms with Gasteiger partial charge in [-0.1, -0.05) is 0 Å². The number of rotatable bonds is 4. The van der Waals surface area contributed by atoms with Crippen molar-refractivity contribution in [3.8, 4) is 0 Å². The van der Waals surface area contributed by atoms with Gasteiger partial charge in [-0.15, -0.1) is 0 Å². The molecule has 0 atom stereocenters. The molecule has 0 heterocycles. The standard InChI is InChI=1S/C9H17NO2/c1-12-9(11)6-7-10-8-4-2-3-5-8/h8,10H,2-7H2,1H3/p+1. The fraction of sp³-hybridized carbons (Fsp3) is 0.889. The van der Waals surface area contributed by atoms with Crippen LogP contribution in [0.5, 0.6) is 0 Å². The molecule has 1 aliphatic carbocycles. The molecular formula is C9H18NO2+. The number of esters is 1. The number of nitrogens with two attached hydrogens (primary N) is 1. The summed E-state index contributed by atoms with van der Waals surface area (Å²) in [5.74, 6) is -0.0933. The zero-order valence-electron chi connectivity index (χ0n) is 7.71. The number of quaternary nitrogens is 1. The van der Waals surface area contributed by atoms with Crippen LogP contribution in [0.15, 0.2) is 0 Å². The van der Waals surface area contributed by atoms with E-state index in [2.05, 4.69) is 10.1 Å². The Kier molecular flexibility index (Phi) is 4.08. The second-order valence-corrected chi connectivity index (χ2v) is 3.40. The lowest BCUT2D eigenvalue weighted by Gasteiger charge is -2.06. The van der Waals surface area contributed by atoms with Crippen molar-refractivity contribution in [1.82, 2.24) is 0 Å². The molecule has 1 rings (SSSR count). The molecule has 2 N–H and O–H groups in total. The molecule has 0 bridgehead atoms. The van der Waals surface area contributed by atoms with E-state index >= 15 is 0 Å². The lowest BCUT2D eigenvalue weighted by atomic mass is 10.2. The van der Waals surface area contributed by atoms with Gasteiger partial charge < -0.3 is 10.1 Å². The third-order valence-corrected chi connectivity index (χ3v) is 2.48. The molecule has 0 aromatic heterocycles. The van der Waals surface area contributed by atoms with Gasteiger partial charge in [0.2, 0.25) is 0 Å². The van der Waals surface area contributed by atoms with Gasteiger partial charge in [-0.3, -0.25) is 4.79 Å². The van der Waals surface area contributed by atoms with Crippen LogP contribution in [-0.4, -0.2) is 25.7 Å². The topological polar surface area (TPSA) is 42.9 Å². The van der Waals surface area contributed by atoms with Crippen molar-refractivity contribution in [3.05, 3.63) is 0 Å². The summed E-state index contributed by atoms with van der Waals surface area (Å²) in [6, 6.07) is 0.773. The molecule has 0 unspecified atom stereocenters. The number of hydrogen-bond acceptors (Lipinski definition) is 2. The quantitative estimate of drug-likeness (QED) is 0.609. The summed E-state index contributed by atoms with van der Waals surface area (Å²) in [7, 11) is 1.44. The molecule has 0 aromatic carbocycles. The maximum absolute atomic E-state index is 10.7. The molecule has 0 saturated heterocycles. The lowest BCUT2D eigenvalue weighted by molar-refractivity contribution is -0.687. The summed E-state index contributed by atoms with van der Waals surface area (Å²) in [6.45, 7) is 0.886. The highest BCUT2D eigenvalue weighted by Crippen LogP contribution is 2.14. The van der Waals surface area contributed by atoms with E-state index in [9.17, 15) is 4.79 Å². The van der Waals surface area contributed by atoms with E-state index in [1.165, 1.54) is 32.8 Å². The third-order valence-electron chi connectivity index (χ3n) is 2.48. The van der Waals surface area contributed by atoms with Crippen LogP contribution in [0.4, 0.5) is 0 Å². The van der Waals surface area contributed by atoms with Crippen LogP contribution in [0.25, 0.3) is 0 Å². The first-order valence-electron chi connectivity index (χ1n) is 4.73. The van der Waals surface area contributed by atoms with E-state index in [0.717, 1.165) is 12.6 Å². The van der Waals surface area contributed by atoms with Crippen LogP contribution in [-0.2, 0) is 9.53 Å². The van der Waals surface area contributed by atoms with Gasteiger partial charge in [0.25, 0.3) is 0 Å². The lowest BCUT2D eigenvalue weighted by Crippen LogP contribution is -2.89. The Morgan fingerprint density at radius 3 is 2.75 bits per heavy atom.